The lowest BCUT2D eigenvalue weighted by molar-refractivity contribution is -0.123. The first kappa shape index (κ1) is 19.5. The number of ether oxygens (including phenoxy) is 1. The maximum atomic E-state index is 12.3. The van der Waals surface area contributed by atoms with Crippen molar-refractivity contribution in [3.63, 3.8) is 0 Å². The lowest BCUT2D eigenvalue weighted by Gasteiger charge is -2.42. The predicted octanol–water partition coefficient (Wildman–Crippen LogP) is 0.631. The second-order valence-electron chi connectivity index (χ2n) is 7.35. The molecule has 0 radical (unpaired) electrons. The fourth-order valence-electron chi connectivity index (χ4n) is 3.70. The van der Waals surface area contributed by atoms with E-state index in [4.69, 9.17) is 10.5 Å². The van der Waals surface area contributed by atoms with Gasteiger partial charge in [0.15, 0.2) is 0 Å². The van der Waals surface area contributed by atoms with Gasteiger partial charge in [-0.3, -0.25) is 4.79 Å². The van der Waals surface area contributed by atoms with E-state index in [9.17, 15) is 9.59 Å². The van der Waals surface area contributed by atoms with Crippen molar-refractivity contribution in [3.05, 3.63) is 11.8 Å². The third-order valence-electron chi connectivity index (χ3n) is 5.32. The Balaban J connectivity index is 1.40. The number of likely N-dealkylation sites (tertiary alicyclic amines) is 1. The van der Waals surface area contributed by atoms with Crippen LogP contribution in [0, 0.1) is 6.92 Å². The molecule has 0 aromatic carbocycles. The van der Waals surface area contributed by atoms with Crippen LogP contribution in [0.2, 0.25) is 0 Å². The number of rotatable bonds is 6. The van der Waals surface area contributed by atoms with E-state index in [-0.39, 0.29) is 30.6 Å². The van der Waals surface area contributed by atoms with Crippen molar-refractivity contribution in [3.8, 4) is 0 Å². The van der Waals surface area contributed by atoms with E-state index in [0.29, 0.717) is 31.6 Å². The Bertz CT molecular complexity index is 668. The molecule has 27 heavy (non-hydrogen) atoms. The molecular formula is C18H30N6O3. The molecular weight excluding hydrogens is 348 g/mol. The maximum absolute atomic E-state index is 12.3. The Kier molecular flexibility index (Phi) is 6.20. The summed E-state index contributed by atoms with van der Waals surface area (Å²) in [5.74, 6) is 0.428. The van der Waals surface area contributed by atoms with Crippen molar-refractivity contribution >= 4 is 17.8 Å². The molecule has 2 aliphatic rings. The van der Waals surface area contributed by atoms with E-state index < -0.39 is 0 Å². The number of piperidine rings is 1. The van der Waals surface area contributed by atoms with E-state index in [1.54, 1.807) is 11.0 Å². The molecule has 1 saturated carbocycles. The van der Waals surface area contributed by atoms with E-state index in [1.807, 2.05) is 13.8 Å². The smallest absolute Gasteiger partial charge is 0.409 e. The van der Waals surface area contributed by atoms with E-state index in [2.05, 4.69) is 15.7 Å². The van der Waals surface area contributed by atoms with Crippen molar-refractivity contribution in [1.82, 2.24) is 25.3 Å². The molecule has 0 unspecified atom stereocenters. The molecule has 9 heteroatoms. The predicted molar refractivity (Wildman–Crippen MR) is 101 cm³/mol. The number of anilines is 1. The van der Waals surface area contributed by atoms with Crippen LogP contribution in [0.5, 0.6) is 0 Å². The van der Waals surface area contributed by atoms with Crippen LogP contribution in [0.3, 0.4) is 0 Å². The molecule has 0 spiro atoms. The quantitative estimate of drug-likeness (QED) is 0.669. The molecule has 1 aromatic heterocycles. The minimum Gasteiger partial charge on any atom is -0.450 e. The first-order chi connectivity index (χ1) is 13.0. The minimum absolute atomic E-state index is 0.0709. The fourth-order valence-corrected chi connectivity index (χ4v) is 3.70. The van der Waals surface area contributed by atoms with Crippen molar-refractivity contribution in [2.24, 2.45) is 0 Å². The molecule has 0 bridgehead atoms. The largest absolute Gasteiger partial charge is 0.450 e. The number of carbonyl (C=O) groups excluding carboxylic acids is 2. The van der Waals surface area contributed by atoms with Gasteiger partial charge in [-0.1, -0.05) is 0 Å². The monoisotopic (exact) mass is 378 g/mol. The van der Waals surface area contributed by atoms with Gasteiger partial charge in [-0.25, -0.2) is 9.48 Å². The molecule has 3 rings (SSSR count). The number of amides is 2. The van der Waals surface area contributed by atoms with Crippen LogP contribution in [0.15, 0.2) is 6.07 Å². The van der Waals surface area contributed by atoms with Crippen molar-refractivity contribution in [2.45, 2.75) is 64.2 Å². The fraction of sp³-hybridized carbons (Fsp3) is 0.722. The number of aryl methyl sites for hydroxylation is 1. The van der Waals surface area contributed by atoms with Gasteiger partial charge in [-0.15, -0.1) is 0 Å². The number of nitrogens with one attached hydrogen (secondary N) is 2. The van der Waals surface area contributed by atoms with Crippen molar-refractivity contribution in [2.75, 3.05) is 25.4 Å². The highest BCUT2D eigenvalue weighted by atomic mass is 16.6. The van der Waals surface area contributed by atoms with E-state index in [0.717, 1.165) is 31.4 Å². The summed E-state index contributed by atoms with van der Waals surface area (Å²) in [7, 11) is 0. The van der Waals surface area contributed by atoms with Crippen LogP contribution in [0.25, 0.3) is 0 Å². The first-order valence-electron chi connectivity index (χ1n) is 9.73. The zero-order valence-corrected chi connectivity index (χ0v) is 16.1. The summed E-state index contributed by atoms with van der Waals surface area (Å²) in [6.07, 6.45) is 3.60. The van der Waals surface area contributed by atoms with Gasteiger partial charge in [0, 0.05) is 37.3 Å². The normalized spacial score (nSPS) is 23.0. The molecule has 150 valence electrons. The van der Waals surface area contributed by atoms with Crippen LogP contribution in [0.4, 0.5) is 10.6 Å². The Morgan fingerprint density at radius 3 is 2.52 bits per heavy atom. The summed E-state index contributed by atoms with van der Waals surface area (Å²) in [5, 5.41) is 10.9. The summed E-state index contributed by atoms with van der Waals surface area (Å²) in [6, 6.07) is 2.54. The van der Waals surface area contributed by atoms with Crippen LogP contribution in [-0.4, -0.2) is 64.5 Å². The third kappa shape index (κ3) is 4.91. The summed E-state index contributed by atoms with van der Waals surface area (Å²) in [5.41, 5.74) is 6.64. The summed E-state index contributed by atoms with van der Waals surface area (Å²) in [4.78, 5) is 25.8. The third-order valence-corrected chi connectivity index (χ3v) is 5.32. The summed E-state index contributed by atoms with van der Waals surface area (Å²) < 4.78 is 6.58. The molecule has 2 heterocycles. The lowest BCUT2D eigenvalue weighted by Crippen LogP contribution is -2.60. The molecule has 2 fully saturated rings. The van der Waals surface area contributed by atoms with Gasteiger partial charge in [-0.05, 0) is 39.5 Å². The Morgan fingerprint density at radius 2 is 1.96 bits per heavy atom. The van der Waals surface area contributed by atoms with Crippen LogP contribution < -0.4 is 16.4 Å². The highest BCUT2D eigenvalue weighted by molar-refractivity contribution is 5.76. The highest BCUT2D eigenvalue weighted by Gasteiger charge is 2.34. The number of aromatic nitrogens is 2. The maximum Gasteiger partial charge on any atom is 0.409 e. The number of nitrogen functional groups attached to an aromatic ring is 1. The van der Waals surface area contributed by atoms with E-state index >= 15 is 0 Å². The second kappa shape index (κ2) is 8.60. The SMILES string of the molecule is CCOC(=O)N1CCC(N[C@@H]2CC[C@@H]2NC(=O)Cn2nc(C)cc2N)CC1. The molecule has 1 aliphatic heterocycles. The number of nitrogens with two attached hydrogens (primary N) is 1. The first-order valence-corrected chi connectivity index (χ1v) is 9.73. The topological polar surface area (TPSA) is 115 Å². The number of hydrogen-bond donors (Lipinski definition) is 3. The second-order valence-corrected chi connectivity index (χ2v) is 7.35. The minimum atomic E-state index is -0.224. The zero-order chi connectivity index (χ0) is 19.4. The number of carbonyl (C=O) groups is 2. The van der Waals surface area contributed by atoms with Gasteiger partial charge < -0.3 is 26.0 Å². The van der Waals surface area contributed by atoms with Gasteiger partial charge in [0.2, 0.25) is 5.91 Å². The van der Waals surface area contributed by atoms with Gasteiger partial charge in [0.25, 0.3) is 0 Å². The lowest BCUT2D eigenvalue weighted by atomic mass is 9.85. The molecule has 1 aliphatic carbocycles. The van der Waals surface area contributed by atoms with E-state index in [1.165, 1.54) is 4.68 Å². The Hall–Kier alpha value is -2.29. The number of hydrogen-bond acceptors (Lipinski definition) is 6. The molecule has 1 saturated heterocycles. The summed E-state index contributed by atoms with van der Waals surface area (Å²) in [6.45, 7) is 5.63. The summed E-state index contributed by atoms with van der Waals surface area (Å²) >= 11 is 0. The average Bonchev–Trinajstić information content (AvgIpc) is 2.94. The average molecular weight is 378 g/mol. The molecule has 4 N–H and O–H groups in total. The Morgan fingerprint density at radius 1 is 1.26 bits per heavy atom. The molecule has 2 amide bonds. The van der Waals surface area contributed by atoms with Gasteiger partial charge in [0.1, 0.15) is 12.4 Å². The standard InChI is InChI=1S/C18H30N6O3/c1-3-27-18(26)23-8-6-13(7-9-23)20-14-4-5-15(14)21-17(25)11-24-16(19)10-12(2)22-24/h10,13-15,20H,3-9,11,19H2,1-2H3,(H,21,25)/t14-,15+/m1/s1. The van der Waals surface area contributed by atoms with Gasteiger partial charge in [0.05, 0.1) is 12.3 Å². The zero-order valence-electron chi connectivity index (χ0n) is 16.1. The van der Waals surface area contributed by atoms with Crippen LogP contribution >= 0.6 is 0 Å². The molecule has 9 nitrogen and oxygen atoms in total. The van der Waals surface area contributed by atoms with Crippen molar-refractivity contribution in [1.29, 1.82) is 0 Å². The molecule has 2 atom stereocenters. The van der Waals surface area contributed by atoms with Crippen molar-refractivity contribution < 1.29 is 14.3 Å². The van der Waals surface area contributed by atoms with Gasteiger partial charge in [-0.2, -0.15) is 5.10 Å². The van der Waals surface area contributed by atoms with Gasteiger partial charge >= 0.3 is 6.09 Å². The highest BCUT2D eigenvalue weighted by Crippen LogP contribution is 2.23. The Labute approximate surface area is 159 Å². The number of nitrogens with zero attached hydrogens (tertiary/aromatic N) is 3. The van der Waals surface area contributed by atoms with Crippen LogP contribution in [-0.2, 0) is 16.1 Å². The van der Waals surface area contributed by atoms with Crippen LogP contribution in [0.1, 0.15) is 38.3 Å². The molecule has 1 aromatic rings.